The van der Waals surface area contributed by atoms with E-state index < -0.39 is 30.6 Å². The normalized spacial score (nSPS) is 18.3. The highest BCUT2D eigenvalue weighted by Crippen LogP contribution is 2.33. The SMILES string of the molecule is CC(=O)N1C=Cc2ccccc2[C@H]1CC(=O)OCC(=O)NC(=O)NC1CCCCC1. The van der Waals surface area contributed by atoms with Gasteiger partial charge >= 0.3 is 12.0 Å². The molecule has 30 heavy (non-hydrogen) atoms. The van der Waals surface area contributed by atoms with Crippen molar-refractivity contribution in [2.45, 2.75) is 57.5 Å². The summed E-state index contributed by atoms with van der Waals surface area (Å²) in [6.07, 6.45) is 8.46. The number of ether oxygens (including phenoxy) is 1. The van der Waals surface area contributed by atoms with Crippen LogP contribution >= 0.6 is 0 Å². The monoisotopic (exact) mass is 413 g/mol. The molecule has 0 radical (unpaired) electrons. The second kappa shape index (κ2) is 10.0. The summed E-state index contributed by atoms with van der Waals surface area (Å²) in [5.41, 5.74) is 1.76. The number of imide groups is 1. The van der Waals surface area contributed by atoms with Crippen molar-refractivity contribution in [3.63, 3.8) is 0 Å². The molecule has 3 rings (SSSR count). The van der Waals surface area contributed by atoms with Crippen LogP contribution in [-0.2, 0) is 19.1 Å². The van der Waals surface area contributed by atoms with Gasteiger partial charge < -0.3 is 15.0 Å². The van der Waals surface area contributed by atoms with Crippen LogP contribution in [0.5, 0.6) is 0 Å². The summed E-state index contributed by atoms with van der Waals surface area (Å²) in [5.74, 6) is -1.51. The number of carbonyl (C=O) groups excluding carboxylic acids is 4. The van der Waals surface area contributed by atoms with E-state index in [0.717, 1.165) is 43.2 Å². The zero-order valence-electron chi connectivity index (χ0n) is 17.1. The van der Waals surface area contributed by atoms with Crippen molar-refractivity contribution in [2.24, 2.45) is 0 Å². The number of amides is 4. The van der Waals surface area contributed by atoms with Gasteiger partial charge in [0.1, 0.15) is 0 Å². The number of benzene rings is 1. The number of fused-ring (bicyclic) bond motifs is 1. The molecule has 0 saturated heterocycles. The predicted molar refractivity (Wildman–Crippen MR) is 110 cm³/mol. The molecule has 1 fully saturated rings. The molecule has 8 nitrogen and oxygen atoms in total. The molecule has 1 atom stereocenters. The lowest BCUT2D eigenvalue weighted by Crippen LogP contribution is -2.46. The first-order valence-corrected chi connectivity index (χ1v) is 10.3. The van der Waals surface area contributed by atoms with E-state index in [1.54, 1.807) is 6.20 Å². The molecular weight excluding hydrogens is 386 g/mol. The Bertz CT molecular complexity index is 845. The fourth-order valence-corrected chi connectivity index (χ4v) is 3.91. The van der Waals surface area contributed by atoms with E-state index in [0.29, 0.717) is 0 Å². The second-order valence-corrected chi connectivity index (χ2v) is 7.61. The number of rotatable bonds is 5. The molecule has 8 heteroatoms. The molecule has 160 valence electrons. The van der Waals surface area contributed by atoms with Crippen LogP contribution in [-0.4, -0.2) is 41.4 Å². The minimum Gasteiger partial charge on any atom is -0.455 e. The third-order valence-corrected chi connectivity index (χ3v) is 5.39. The Labute approximate surface area is 175 Å². The Kier molecular flexibility index (Phi) is 7.21. The van der Waals surface area contributed by atoms with E-state index in [1.165, 1.54) is 11.8 Å². The van der Waals surface area contributed by atoms with Crippen molar-refractivity contribution >= 4 is 29.9 Å². The molecule has 2 N–H and O–H groups in total. The van der Waals surface area contributed by atoms with Crippen molar-refractivity contribution in [2.75, 3.05) is 6.61 Å². The molecule has 0 aromatic heterocycles. The zero-order valence-corrected chi connectivity index (χ0v) is 17.1. The summed E-state index contributed by atoms with van der Waals surface area (Å²) in [4.78, 5) is 49.6. The molecule has 1 aliphatic heterocycles. The summed E-state index contributed by atoms with van der Waals surface area (Å²) in [7, 11) is 0. The maximum absolute atomic E-state index is 12.3. The van der Waals surface area contributed by atoms with Gasteiger partial charge in [-0.1, -0.05) is 43.5 Å². The van der Waals surface area contributed by atoms with Crippen molar-refractivity contribution in [1.29, 1.82) is 0 Å². The van der Waals surface area contributed by atoms with Crippen LogP contribution in [0.15, 0.2) is 30.5 Å². The van der Waals surface area contributed by atoms with Gasteiger partial charge in [-0.3, -0.25) is 19.7 Å². The van der Waals surface area contributed by atoms with Gasteiger partial charge in [0.2, 0.25) is 5.91 Å². The molecule has 0 unspecified atom stereocenters. The average Bonchev–Trinajstić information content (AvgIpc) is 2.73. The summed E-state index contributed by atoms with van der Waals surface area (Å²) >= 11 is 0. The Morgan fingerprint density at radius 1 is 1.10 bits per heavy atom. The Morgan fingerprint density at radius 2 is 1.83 bits per heavy atom. The van der Waals surface area contributed by atoms with Crippen LogP contribution in [0.4, 0.5) is 4.79 Å². The van der Waals surface area contributed by atoms with E-state index >= 15 is 0 Å². The minimum atomic E-state index is -0.691. The highest BCUT2D eigenvalue weighted by molar-refractivity contribution is 5.95. The van der Waals surface area contributed by atoms with Crippen LogP contribution in [0.2, 0.25) is 0 Å². The molecule has 1 aromatic rings. The first kappa shape index (κ1) is 21.5. The molecule has 1 saturated carbocycles. The van der Waals surface area contributed by atoms with E-state index in [1.807, 2.05) is 30.3 Å². The van der Waals surface area contributed by atoms with Crippen LogP contribution in [0.25, 0.3) is 6.08 Å². The number of nitrogens with one attached hydrogen (secondary N) is 2. The molecule has 0 spiro atoms. The average molecular weight is 413 g/mol. The van der Waals surface area contributed by atoms with Gasteiger partial charge in [-0.25, -0.2) is 4.79 Å². The van der Waals surface area contributed by atoms with E-state index in [9.17, 15) is 19.2 Å². The van der Waals surface area contributed by atoms with Crippen molar-refractivity contribution in [3.8, 4) is 0 Å². The van der Waals surface area contributed by atoms with Gasteiger partial charge in [0.05, 0.1) is 12.5 Å². The van der Waals surface area contributed by atoms with Crippen LogP contribution in [0.1, 0.15) is 62.6 Å². The van der Waals surface area contributed by atoms with Gasteiger partial charge in [0.15, 0.2) is 6.61 Å². The lowest BCUT2D eigenvalue weighted by molar-refractivity contribution is -0.150. The summed E-state index contributed by atoms with van der Waals surface area (Å²) in [6, 6.07) is 6.48. The Balaban J connectivity index is 1.49. The molecule has 1 heterocycles. The smallest absolute Gasteiger partial charge is 0.321 e. The molecule has 1 aliphatic carbocycles. The molecule has 4 amide bonds. The predicted octanol–water partition coefficient (Wildman–Crippen LogP) is 2.65. The first-order valence-electron chi connectivity index (χ1n) is 10.3. The minimum absolute atomic E-state index is 0.0751. The van der Waals surface area contributed by atoms with Crippen molar-refractivity contribution in [1.82, 2.24) is 15.5 Å². The quantitative estimate of drug-likeness (QED) is 0.722. The summed E-state index contributed by atoms with van der Waals surface area (Å²) < 4.78 is 5.05. The summed E-state index contributed by atoms with van der Waals surface area (Å²) in [5, 5.41) is 4.96. The second-order valence-electron chi connectivity index (χ2n) is 7.61. The van der Waals surface area contributed by atoms with Crippen LogP contribution in [0.3, 0.4) is 0 Å². The summed E-state index contributed by atoms with van der Waals surface area (Å²) in [6.45, 7) is 0.871. The largest absolute Gasteiger partial charge is 0.455 e. The standard InChI is InChI=1S/C22H27N3O5/c1-15(26)25-12-11-16-7-5-6-10-18(16)19(25)13-21(28)30-14-20(27)24-22(29)23-17-8-3-2-4-9-17/h5-7,10-12,17,19H,2-4,8-9,13-14H2,1H3,(H2,23,24,27,29)/t19-/m1/s1. The molecular formula is C22H27N3O5. The maximum Gasteiger partial charge on any atom is 0.321 e. The van der Waals surface area contributed by atoms with Gasteiger partial charge in [0.25, 0.3) is 5.91 Å². The van der Waals surface area contributed by atoms with Gasteiger partial charge in [-0.05, 0) is 30.0 Å². The highest BCUT2D eigenvalue weighted by atomic mass is 16.5. The van der Waals surface area contributed by atoms with Crippen molar-refractivity contribution in [3.05, 3.63) is 41.6 Å². The number of hydrogen-bond donors (Lipinski definition) is 2. The number of esters is 1. The molecule has 2 aliphatic rings. The topological polar surface area (TPSA) is 105 Å². The number of urea groups is 1. The van der Waals surface area contributed by atoms with E-state index in [2.05, 4.69) is 10.6 Å². The molecule has 0 bridgehead atoms. The van der Waals surface area contributed by atoms with Gasteiger partial charge in [-0.15, -0.1) is 0 Å². The van der Waals surface area contributed by atoms with E-state index in [-0.39, 0.29) is 18.4 Å². The first-order chi connectivity index (χ1) is 14.4. The maximum atomic E-state index is 12.3. The number of carbonyl (C=O) groups is 4. The Hall–Kier alpha value is -3.16. The lowest BCUT2D eigenvalue weighted by atomic mass is 9.94. The molecule has 1 aromatic carbocycles. The highest BCUT2D eigenvalue weighted by Gasteiger charge is 2.29. The fraction of sp³-hybridized carbons (Fsp3) is 0.455. The third kappa shape index (κ3) is 5.68. The zero-order chi connectivity index (χ0) is 21.5. The Morgan fingerprint density at radius 3 is 2.57 bits per heavy atom. The number of hydrogen-bond acceptors (Lipinski definition) is 5. The third-order valence-electron chi connectivity index (χ3n) is 5.39. The van der Waals surface area contributed by atoms with Crippen molar-refractivity contribution < 1.29 is 23.9 Å². The van der Waals surface area contributed by atoms with Gasteiger partial charge in [-0.2, -0.15) is 0 Å². The fourth-order valence-electron chi connectivity index (χ4n) is 3.91. The van der Waals surface area contributed by atoms with Crippen LogP contribution in [0, 0.1) is 0 Å². The van der Waals surface area contributed by atoms with Crippen LogP contribution < -0.4 is 10.6 Å². The number of nitrogens with zero attached hydrogens (tertiary/aromatic N) is 1. The van der Waals surface area contributed by atoms with Gasteiger partial charge in [0, 0.05) is 19.2 Å². The van der Waals surface area contributed by atoms with E-state index in [4.69, 9.17) is 4.74 Å². The lowest BCUT2D eigenvalue weighted by Gasteiger charge is -2.32.